The highest BCUT2D eigenvalue weighted by Crippen LogP contribution is 2.36. The Kier molecular flexibility index (Phi) is 4.03. The van der Waals surface area contributed by atoms with Crippen LogP contribution in [0, 0.1) is 5.41 Å². The molecular weight excluding hydrogens is 251 g/mol. The maximum atomic E-state index is 12.2. The van der Waals surface area contributed by atoms with Crippen molar-refractivity contribution >= 4 is 11.9 Å². The van der Waals surface area contributed by atoms with E-state index >= 15 is 0 Å². The van der Waals surface area contributed by atoms with Gasteiger partial charge < -0.3 is 10.0 Å². The van der Waals surface area contributed by atoms with E-state index < -0.39 is 23.5 Å². The van der Waals surface area contributed by atoms with E-state index in [1.54, 1.807) is 0 Å². The summed E-state index contributed by atoms with van der Waals surface area (Å²) in [6.07, 6.45) is -3.25. The van der Waals surface area contributed by atoms with E-state index in [4.69, 9.17) is 5.11 Å². The van der Waals surface area contributed by atoms with Crippen molar-refractivity contribution in [3.63, 3.8) is 0 Å². The van der Waals surface area contributed by atoms with Crippen molar-refractivity contribution in [2.75, 3.05) is 13.1 Å². The molecule has 0 unspecified atom stereocenters. The molecule has 0 aliphatic carbocycles. The highest BCUT2D eigenvalue weighted by atomic mass is 19.4. The molecule has 0 bridgehead atoms. The highest BCUT2D eigenvalue weighted by molar-refractivity contribution is 5.82. The topological polar surface area (TPSA) is 57.6 Å². The third kappa shape index (κ3) is 2.83. The summed E-state index contributed by atoms with van der Waals surface area (Å²) in [6, 6.07) is 0. The second kappa shape index (κ2) is 4.99. The minimum Gasteiger partial charge on any atom is -0.481 e. The Morgan fingerprint density at radius 3 is 2.17 bits per heavy atom. The highest BCUT2D eigenvalue weighted by Gasteiger charge is 2.47. The lowest BCUT2D eigenvalue weighted by molar-refractivity contribution is -0.188. The second-order valence-electron chi connectivity index (χ2n) is 4.37. The van der Waals surface area contributed by atoms with Gasteiger partial charge in [-0.05, 0) is 19.3 Å². The van der Waals surface area contributed by atoms with E-state index in [1.165, 1.54) is 6.08 Å². The summed E-state index contributed by atoms with van der Waals surface area (Å²) in [5, 5.41) is 9.13. The van der Waals surface area contributed by atoms with Crippen LogP contribution >= 0.6 is 0 Å². The van der Waals surface area contributed by atoms with Crippen molar-refractivity contribution in [3.8, 4) is 0 Å². The van der Waals surface area contributed by atoms with Gasteiger partial charge in [0.1, 0.15) is 0 Å². The van der Waals surface area contributed by atoms with E-state index in [1.807, 2.05) is 0 Å². The summed E-state index contributed by atoms with van der Waals surface area (Å²) in [4.78, 5) is 22.8. The van der Waals surface area contributed by atoms with Gasteiger partial charge in [0.25, 0.3) is 0 Å². The molecule has 0 aromatic carbocycles. The Hall–Kier alpha value is -1.53. The molecule has 0 atom stereocenters. The van der Waals surface area contributed by atoms with Crippen molar-refractivity contribution in [1.29, 1.82) is 0 Å². The number of carbonyl (C=O) groups is 2. The SMILES string of the molecule is C=CCC1(C(=O)O)CCN(C(=O)C(F)(F)F)CC1. The van der Waals surface area contributed by atoms with Crippen LogP contribution in [-0.4, -0.2) is 41.1 Å². The van der Waals surface area contributed by atoms with Gasteiger partial charge in [-0.3, -0.25) is 9.59 Å². The van der Waals surface area contributed by atoms with E-state index in [9.17, 15) is 22.8 Å². The minimum absolute atomic E-state index is 0.0101. The smallest absolute Gasteiger partial charge is 0.471 e. The third-order valence-corrected chi connectivity index (χ3v) is 3.24. The van der Waals surface area contributed by atoms with Crippen LogP contribution in [0.5, 0.6) is 0 Å². The van der Waals surface area contributed by atoms with Gasteiger partial charge in [-0.25, -0.2) is 0 Å². The number of piperidine rings is 1. The zero-order chi connectivity index (χ0) is 14.0. The fourth-order valence-electron chi connectivity index (χ4n) is 2.10. The maximum Gasteiger partial charge on any atom is 0.471 e. The first-order valence-corrected chi connectivity index (χ1v) is 5.43. The van der Waals surface area contributed by atoms with Crippen molar-refractivity contribution in [2.45, 2.75) is 25.4 Å². The predicted molar refractivity (Wildman–Crippen MR) is 56.8 cm³/mol. The van der Waals surface area contributed by atoms with Gasteiger partial charge in [-0.2, -0.15) is 13.2 Å². The molecule has 0 aromatic rings. The number of hydrogen-bond donors (Lipinski definition) is 1. The lowest BCUT2D eigenvalue weighted by Gasteiger charge is -2.38. The molecule has 1 saturated heterocycles. The Balaban J connectivity index is 2.72. The number of allylic oxidation sites excluding steroid dienone is 1. The summed E-state index contributed by atoms with van der Waals surface area (Å²) < 4.78 is 36.6. The van der Waals surface area contributed by atoms with Crippen molar-refractivity contribution in [1.82, 2.24) is 4.90 Å². The van der Waals surface area contributed by atoms with Crippen molar-refractivity contribution in [3.05, 3.63) is 12.7 Å². The van der Waals surface area contributed by atoms with Gasteiger partial charge in [0, 0.05) is 13.1 Å². The molecule has 1 rings (SSSR count). The minimum atomic E-state index is -4.90. The fraction of sp³-hybridized carbons (Fsp3) is 0.636. The Bertz CT molecular complexity index is 357. The molecule has 18 heavy (non-hydrogen) atoms. The molecule has 1 amide bonds. The van der Waals surface area contributed by atoms with Crippen LogP contribution in [0.25, 0.3) is 0 Å². The van der Waals surface area contributed by atoms with Gasteiger partial charge in [-0.1, -0.05) is 6.08 Å². The zero-order valence-electron chi connectivity index (χ0n) is 9.66. The first kappa shape index (κ1) is 14.5. The molecule has 0 aromatic heterocycles. The first-order valence-electron chi connectivity index (χ1n) is 5.43. The van der Waals surface area contributed by atoms with Gasteiger partial charge in [0.2, 0.25) is 0 Å². The average Bonchev–Trinajstić information content (AvgIpc) is 2.28. The number of amides is 1. The Labute approximate surface area is 102 Å². The standard InChI is InChI=1S/C11H14F3NO3/c1-2-3-10(9(17)18)4-6-15(7-5-10)8(16)11(12,13)14/h2H,1,3-7H2,(H,17,18). The Morgan fingerprint density at radius 1 is 1.33 bits per heavy atom. The molecule has 1 aliphatic heterocycles. The number of carboxylic acid groups (broad SMARTS) is 1. The zero-order valence-corrected chi connectivity index (χ0v) is 9.66. The third-order valence-electron chi connectivity index (χ3n) is 3.24. The quantitative estimate of drug-likeness (QED) is 0.792. The van der Waals surface area contributed by atoms with Crippen LogP contribution in [0.15, 0.2) is 12.7 Å². The van der Waals surface area contributed by atoms with E-state index in [-0.39, 0.29) is 32.4 Å². The molecule has 0 saturated carbocycles. The van der Waals surface area contributed by atoms with Gasteiger partial charge in [0.15, 0.2) is 0 Å². The number of hydrogen-bond acceptors (Lipinski definition) is 2. The fourth-order valence-corrected chi connectivity index (χ4v) is 2.10. The van der Waals surface area contributed by atoms with Crippen LogP contribution in [0.4, 0.5) is 13.2 Å². The van der Waals surface area contributed by atoms with Crippen LogP contribution in [0.2, 0.25) is 0 Å². The van der Waals surface area contributed by atoms with E-state index in [0.29, 0.717) is 4.90 Å². The molecule has 1 aliphatic rings. The van der Waals surface area contributed by atoms with Gasteiger partial charge in [0.05, 0.1) is 5.41 Å². The first-order chi connectivity index (χ1) is 8.23. The summed E-state index contributed by atoms with van der Waals surface area (Å²) in [5.41, 5.74) is -1.09. The molecule has 1 N–H and O–H groups in total. The number of nitrogens with zero attached hydrogens (tertiary/aromatic N) is 1. The van der Waals surface area contributed by atoms with E-state index in [0.717, 1.165) is 0 Å². The number of rotatable bonds is 3. The lowest BCUT2D eigenvalue weighted by atomic mass is 9.75. The normalized spacial score (nSPS) is 19.4. The molecular formula is C11H14F3NO3. The van der Waals surface area contributed by atoms with Crippen molar-refractivity contribution in [2.24, 2.45) is 5.41 Å². The van der Waals surface area contributed by atoms with Crippen LogP contribution < -0.4 is 0 Å². The van der Waals surface area contributed by atoms with Gasteiger partial charge >= 0.3 is 18.1 Å². The predicted octanol–water partition coefficient (Wildman–Crippen LogP) is 1.82. The average molecular weight is 265 g/mol. The largest absolute Gasteiger partial charge is 0.481 e. The number of alkyl halides is 3. The molecule has 0 radical (unpaired) electrons. The van der Waals surface area contributed by atoms with Crippen LogP contribution in [-0.2, 0) is 9.59 Å². The van der Waals surface area contributed by atoms with Crippen LogP contribution in [0.3, 0.4) is 0 Å². The molecule has 102 valence electrons. The summed E-state index contributed by atoms with van der Waals surface area (Å²) in [7, 11) is 0. The number of aliphatic carboxylic acids is 1. The molecule has 4 nitrogen and oxygen atoms in total. The summed E-state index contributed by atoms with van der Waals surface area (Å²) in [6.45, 7) is 3.06. The van der Waals surface area contributed by atoms with E-state index in [2.05, 4.69) is 6.58 Å². The Morgan fingerprint density at radius 2 is 1.83 bits per heavy atom. The summed E-state index contributed by atoms with van der Waals surface area (Å²) in [5.74, 6) is -2.96. The molecule has 1 fully saturated rings. The monoisotopic (exact) mass is 265 g/mol. The summed E-state index contributed by atoms with van der Waals surface area (Å²) >= 11 is 0. The number of likely N-dealkylation sites (tertiary alicyclic amines) is 1. The van der Waals surface area contributed by atoms with Crippen LogP contribution in [0.1, 0.15) is 19.3 Å². The van der Waals surface area contributed by atoms with Crippen molar-refractivity contribution < 1.29 is 27.9 Å². The molecule has 1 heterocycles. The number of halogens is 3. The number of carboxylic acids is 1. The maximum absolute atomic E-state index is 12.2. The molecule has 7 heteroatoms. The number of carbonyl (C=O) groups excluding carboxylic acids is 1. The van der Waals surface area contributed by atoms with Gasteiger partial charge in [-0.15, -0.1) is 6.58 Å². The second-order valence-corrected chi connectivity index (χ2v) is 4.37. The lowest BCUT2D eigenvalue weighted by Crippen LogP contribution is -2.50. The molecule has 0 spiro atoms.